The van der Waals surface area contributed by atoms with Crippen LogP contribution in [0.4, 0.5) is 17.1 Å². The van der Waals surface area contributed by atoms with Gasteiger partial charge in [-0.25, -0.2) is 0 Å². The number of carbonyl (C=O) groups is 1. The molecule has 5 N–H and O–H groups in total. The second-order valence-corrected chi connectivity index (χ2v) is 4.83. The van der Waals surface area contributed by atoms with Crippen molar-refractivity contribution in [2.45, 2.75) is 13.8 Å². The summed E-state index contributed by atoms with van der Waals surface area (Å²) in [5.41, 5.74) is 13.5. The third-order valence-corrected chi connectivity index (χ3v) is 3.08. The zero-order valence-corrected chi connectivity index (χ0v) is 13.3. The number of ether oxygens (including phenoxy) is 2. The summed E-state index contributed by atoms with van der Waals surface area (Å²) in [6.07, 6.45) is 0. The van der Waals surface area contributed by atoms with E-state index in [4.69, 9.17) is 20.9 Å². The van der Waals surface area contributed by atoms with Crippen molar-refractivity contribution in [1.82, 2.24) is 0 Å². The molecule has 0 fully saturated rings. The molecule has 0 unspecified atom stereocenters. The Labute approximate surface area is 135 Å². The van der Waals surface area contributed by atoms with E-state index in [1.165, 1.54) is 0 Å². The second-order valence-electron chi connectivity index (χ2n) is 4.83. The highest BCUT2D eigenvalue weighted by Crippen LogP contribution is 2.33. The van der Waals surface area contributed by atoms with E-state index in [0.717, 1.165) is 0 Å². The van der Waals surface area contributed by atoms with Gasteiger partial charge in [-0.15, -0.1) is 0 Å². The zero-order chi connectivity index (χ0) is 16.8. The lowest BCUT2D eigenvalue weighted by Crippen LogP contribution is -2.16. The molecule has 1 amide bonds. The fraction of sp³-hybridized carbons (Fsp3) is 0.235. The van der Waals surface area contributed by atoms with Crippen molar-refractivity contribution < 1.29 is 14.3 Å². The highest BCUT2D eigenvalue weighted by Gasteiger charge is 2.20. The van der Waals surface area contributed by atoms with Gasteiger partial charge in [0.05, 0.1) is 13.2 Å². The number of rotatable bonds is 6. The number of nitrogens with one attached hydrogen (secondary N) is 1. The molecule has 23 heavy (non-hydrogen) atoms. The first kappa shape index (κ1) is 16.5. The molecular formula is C17H21N3O3. The Morgan fingerprint density at radius 2 is 1.48 bits per heavy atom. The Morgan fingerprint density at radius 3 is 1.96 bits per heavy atom. The molecule has 6 heteroatoms. The van der Waals surface area contributed by atoms with Gasteiger partial charge >= 0.3 is 0 Å². The molecule has 0 aliphatic rings. The van der Waals surface area contributed by atoms with Gasteiger partial charge in [0.1, 0.15) is 17.1 Å². The van der Waals surface area contributed by atoms with Crippen LogP contribution in [0.25, 0.3) is 0 Å². The van der Waals surface area contributed by atoms with Crippen LogP contribution in [0.3, 0.4) is 0 Å². The number of benzene rings is 2. The lowest BCUT2D eigenvalue weighted by atomic mass is 10.1. The average molecular weight is 315 g/mol. The summed E-state index contributed by atoms with van der Waals surface area (Å²) in [6.45, 7) is 4.50. The number of nitrogens with two attached hydrogens (primary N) is 2. The van der Waals surface area contributed by atoms with Crippen LogP contribution < -0.4 is 26.3 Å². The Bertz CT molecular complexity index is 657. The minimum Gasteiger partial charge on any atom is -0.493 e. The fourth-order valence-electron chi connectivity index (χ4n) is 2.13. The summed E-state index contributed by atoms with van der Waals surface area (Å²) >= 11 is 0. The molecule has 122 valence electrons. The van der Waals surface area contributed by atoms with Crippen LogP contribution >= 0.6 is 0 Å². The SMILES string of the molecule is CCOc1cc(N)cc(OCC)c1C(=O)Nc1ccc(N)cc1. The third-order valence-electron chi connectivity index (χ3n) is 3.08. The predicted molar refractivity (Wildman–Crippen MR) is 92.0 cm³/mol. The van der Waals surface area contributed by atoms with Crippen LogP contribution in [0.2, 0.25) is 0 Å². The number of hydrogen-bond donors (Lipinski definition) is 3. The summed E-state index contributed by atoms with van der Waals surface area (Å²) in [7, 11) is 0. The number of hydrogen-bond acceptors (Lipinski definition) is 5. The van der Waals surface area contributed by atoms with Gasteiger partial charge in [-0.3, -0.25) is 4.79 Å². The maximum Gasteiger partial charge on any atom is 0.263 e. The van der Waals surface area contributed by atoms with Crippen molar-refractivity contribution in [2.24, 2.45) is 0 Å². The molecule has 0 spiro atoms. The first-order valence-electron chi connectivity index (χ1n) is 7.41. The number of carbonyl (C=O) groups excluding carboxylic acids is 1. The molecule has 0 saturated carbocycles. The Balaban J connectivity index is 2.38. The molecule has 2 aromatic rings. The van der Waals surface area contributed by atoms with Crippen LogP contribution in [-0.2, 0) is 0 Å². The molecule has 2 aromatic carbocycles. The molecule has 0 aromatic heterocycles. The van der Waals surface area contributed by atoms with Crippen LogP contribution in [0, 0.1) is 0 Å². The Kier molecular flexibility index (Phi) is 5.30. The Morgan fingerprint density at radius 1 is 0.957 bits per heavy atom. The quantitative estimate of drug-likeness (QED) is 0.712. The largest absolute Gasteiger partial charge is 0.493 e. The lowest BCUT2D eigenvalue weighted by molar-refractivity contribution is 0.101. The zero-order valence-electron chi connectivity index (χ0n) is 13.3. The van der Waals surface area contributed by atoms with E-state index in [9.17, 15) is 4.79 Å². The van der Waals surface area contributed by atoms with Gasteiger partial charge in [0.2, 0.25) is 0 Å². The van der Waals surface area contributed by atoms with Gasteiger partial charge in [-0.05, 0) is 38.1 Å². The standard InChI is InChI=1S/C17H21N3O3/c1-3-22-14-9-12(19)10-15(23-4-2)16(14)17(21)20-13-7-5-11(18)6-8-13/h5-10H,3-4,18-19H2,1-2H3,(H,20,21). The van der Waals surface area contributed by atoms with E-state index in [2.05, 4.69) is 5.32 Å². The second kappa shape index (κ2) is 7.40. The molecule has 6 nitrogen and oxygen atoms in total. The molecule has 0 heterocycles. The molecule has 0 atom stereocenters. The Hall–Kier alpha value is -2.89. The first-order valence-corrected chi connectivity index (χ1v) is 7.41. The van der Waals surface area contributed by atoms with Crippen LogP contribution in [0.15, 0.2) is 36.4 Å². The van der Waals surface area contributed by atoms with Gasteiger partial charge in [-0.2, -0.15) is 0 Å². The molecule has 0 aliphatic carbocycles. The summed E-state index contributed by atoms with van der Waals surface area (Å²) in [6, 6.07) is 10.1. The van der Waals surface area contributed by atoms with Crippen molar-refractivity contribution >= 4 is 23.0 Å². The summed E-state index contributed by atoms with van der Waals surface area (Å²) in [5.74, 6) is 0.453. The van der Waals surface area contributed by atoms with Crippen molar-refractivity contribution in [3.05, 3.63) is 42.0 Å². The molecule has 0 aliphatic heterocycles. The van der Waals surface area contributed by atoms with E-state index in [-0.39, 0.29) is 5.91 Å². The van der Waals surface area contributed by atoms with Gasteiger partial charge in [-0.1, -0.05) is 0 Å². The van der Waals surface area contributed by atoms with Gasteiger partial charge in [0.15, 0.2) is 0 Å². The minimum absolute atomic E-state index is 0.319. The molecule has 0 radical (unpaired) electrons. The van der Waals surface area contributed by atoms with Crippen LogP contribution in [0.1, 0.15) is 24.2 Å². The molecular weight excluding hydrogens is 294 g/mol. The number of nitrogen functional groups attached to an aromatic ring is 2. The van der Waals surface area contributed by atoms with E-state index >= 15 is 0 Å². The molecule has 0 bridgehead atoms. The maximum absolute atomic E-state index is 12.7. The van der Waals surface area contributed by atoms with E-state index < -0.39 is 0 Å². The summed E-state index contributed by atoms with van der Waals surface area (Å²) in [5, 5.41) is 2.81. The number of anilines is 3. The fourth-order valence-corrected chi connectivity index (χ4v) is 2.13. The highest BCUT2D eigenvalue weighted by molar-refractivity contribution is 6.08. The van der Waals surface area contributed by atoms with Crippen molar-refractivity contribution in [2.75, 3.05) is 30.0 Å². The predicted octanol–water partition coefficient (Wildman–Crippen LogP) is 2.90. The van der Waals surface area contributed by atoms with E-state index in [1.54, 1.807) is 36.4 Å². The lowest BCUT2D eigenvalue weighted by Gasteiger charge is -2.16. The van der Waals surface area contributed by atoms with Gasteiger partial charge in [0, 0.05) is 29.2 Å². The van der Waals surface area contributed by atoms with Gasteiger partial charge < -0.3 is 26.3 Å². The highest BCUT2D eigenvalue weighted by atomic mass is 16.5. The molecule has 2 rings (SSSR count). The molecule has 0 saturated heterocycles. The first-order chi connectivity index (χ1) is 11.0. The number of amides is 1. The third kappa shape index (κ3) is 4.06. The van der Waals surface area contributed by atoms with Crippen molar-refractivity contribution in [3.8, 4) is 11.5 Å². The minimum atomic E-state index is -0.332. The van der Waals surface area contributed by atoms with Crippen LogP contribution in [-0.4, -0.2) is 19.1 Å². The van der Waals surface area contributed by atoms with E-state index in [0.29, 0.717) is 47.3 Å². The summed E-state index contributed by atoms with van der Waals surface area (Å²) in [4.78, 5) is 12.7. The van der Waals surface area contributed by atoms with Crippen molar-refractivity contribution in [1.29, 1.82) is 0 Å². The maximum atomic E-state index is 12.7. The van der Waals surface area contributed by atoms with E-state index in [1.807, 2.05) is 13.8 Å². The van der Waals surface area contributed by atoms with Crippen LogP contribution in [0.5, 0.6) is 11.5 Å². The average Bonchev–Trinajstić information content (AvgIpc) is 2.50. The monoisotopic (exact) mass is 315 g/mol. The van der Waals surface area contributed by atoms with Crippen molar-refractivity contribution in [3.63, 3.8) is 0 Å². The summed E-state index contributed by atoms with van der Waals surface area (Å²) < 4.78 is 11.1. The normalized spacial score (nSPS) is 10.2. The van der Waals surface area contributed by atoms with Gasteiger partial charge in [0.25, 0.3) is 5.91 Å². The topological polar surface area (TPSA) is 99.6 Å². The smallest absolute Gasteiger partial charge is 0.263 e.